The quantitative estimate of drug-likeness (QED) is 0.711. The molecular weight excluding hydrogens is 365 g/mol. The van der Waals surface area contributed by atoms with Crippen LogP contribution in [0.3, 0.4) is 0 Å². The van der Waals surface area contributed by atoms with Crippen molar-refractivity contribution in [2.75, 3.05) is 13.7 Å². The minimum atomic E-state index is -0.804. The maximum atomic E-state index is 13.5. The van der Waals surface area contributed by atoms with Gasteiger partial charge in [-0.3, -0.25) is 0 Å². The number of pyridine rings is 1. The summed E-state index contributed by atoms with van der Waals surface area (Å²) in [5.74, 6) is 0.756. The molecular formula is C19H26FN5O3. The minimum absolute atomic E-state index is 0.131. The summed E-state index contributed by atoms with van der Waals surface area (Å²) in [7, 11) is 1.42. The van der Waals surface area contributed by atoms with Crippen LogP contribution in [-0.2, 0) is 6.67 Å². The van der Waals surface area contributed by atoms with Crippen molar-refractivity contribution in [3.05, 3.63) is 30.1 Å². The molecule has 2 aromatic rings. The summed E-state index contributed by atoms with van der Waals surface area (Å²) < 4.78 is 24.2. The maximum Gasteiger partial charge on any atom is 0.414 e. The lowest BCUT2D eigenvalue weighted by Crippen LogP contribution is -2.43. The number of aromatic nitrogens is 3. The Morgan fingerprint density at radius 1 is 1.29 bits per heavy atom. The molecule has 1 atom stereocenters. The normalized spacial score (nSPS) is 13.1. The third kappa shape index (κ3) is 6.12. The molecule has 2 heterocycles. The lowest BCUT2D eigenvalue weighted by atomic mass is 9.93. The first-order valence-corrected chi connectivity index (χ1v) is 8.94. The zero-order chi connectivity index (χ0) is 20.7. The van der Waals surface area contributed by atoms with Gasteiger partial charge in [0.2, 0.25) is 0 Å². The molecule has 0 aliphatic rings. The molecule has 0 saturated heterocycles. The van der Waals surface area contributed by atoms with E-state index in [2.05, 4.69) is 34.1 Å². The van der Waals surface area contributed by atoms with E-state index in [9.17, 15) is 9.18 Å². The van der Waals surface area contributed by atoms with Crippen molar-refractivity contribution in [3.8, 4) is 23.1 Å². The van der Waals surface area contributed by atoms with Crippen molar-refractivity contribution in [2.45, 2.75) is 39.4 Å². The molecule has 1 amide bonds. The van der Waals surface area contributed by atoms with Crippen LogP contribution < -0.4 is 20.5 Å². The van der Waals surface area contributed by atoms with E-state index in [1.165, 1.54) is 13.2 Å². The van der Waals surface area contributed by atoms with E-state index in [0.29, 0.717) is 23.1 Å². The molecule has 0 fully saturated rings. The van der Waals surface area contributed by atoms with Gasteiger partial charge in [0.25, 0.3) is 0 Å². The lowest BCUT2D eigenvalue weighted by Gasteiger charge is -2.27. The van der Waals surface area contributed by atoms with Gasteiger partial charge in [0.05, 0.1) is 11.4 Å². The average Bonchev–Trinajstić information content (AvgIpc) is 2.65. The summed E-state index contributed by atoms with van der Waals surface area (Å²) in [4.78, 5) is 23.5. The van der Waals surface area contributed by atoms with Crippen LogP contribution in [0.25, 0.3) is 11.4 Å². The molecule has 3 N–H and O–H groups in total. The number of carbonyl (C=O) groups excluding carboxylic acids is 1. The Hall–Kier alpha value is -2.81. The molecule has 0 spiro atoms. The standard InChI is InChI=1S/C19H26FN5O3/c1-12(2)9-19(3,21)11-27-16-6-5-13(24-15(16)10-20)14-7-8-23-17(25-14)28-18(26)22-4/h5-8,12H,9-11,21H2,1-4H3,(H,22,26)/t19-/m0/s1. The molecule has 0 saturated carbocycles. The van der Waals surface area contributed by atoms with Gasteiger partial charge < -0.3 is 20.5 Å². The molecule has 0 aliphatic heterocycles. The Labute approximate surface area is 163 Å². The highest BCUT2D eigenvalue weighted by molar-refractivity contribution is 5.69. The Balaban J connectivity index is 2.19. The average molecular weight is 391 g/mol. The number of rotatable bonds is 8. The molecule has 0 radical (unpaired) electrons. The van der Waals surface area contributed by atoms with E-state index < -0.39 is 18.3 Å². The van der Waals surface area contributed by atoms with Gasteiger partial charge in [0.15, 0.2) is 0 Å². The topological polar surface area (TPSA) is 112 Å². The Bertz CT molecular complexity index is 814. The van der Waals surface area contributed by atoms with E-state index in [-0.39, 0.29) is 18.3 Å². The summed E-state index contributed by atoms with van der Waals surface area (Å²) >= 11 is 0. The SMILES string of the molecule is CNC(=O)Oc1nccc(-c2ccc(OC[C@@](C)(N)CC(C)C)c(CF)n2)n1. The van der Waals surface area contributed by atoms with E-state index in [1.807, 2.05) is 6.92 Å². The second-order valence-electron chi connectivity index (χ2n) is 7.18. The van der Waals surface area contributed by atoms with E-state index in [4.69, 9.17) is 15.2 Å². The second-order valence-corrected chi connectivity index (χ2v) is 7.18. The van der Waals surface area contributed by atoms with Gasteiger partial charge in [-0.2, -0.15) is 4.98 Å². The van der Waals surface area contributed by atoms with Gasteiger partial charge in [-0.05, 0) is 37.5 Å². The summed E-state index contributed by atoms with van der Waals surface area (Å²) in [5.41, 5.74) is 6.65. The van der Waals surface area contributed by atoms with Crippen LogP contribution in [0.1, 0.15) is 32.9 Å². The number of nitrogens with one attached hydrogen (secondary N) is 1. The summed E-state index contributed by atoms with van der Waals surface area (Å²) in [5, 5.41) is 2.30. The fraction of sp³-hybridized carbons (Fsp3) is 0.474. The third-order valence-electron chi connectivity index (χ3n) is 3.77. The number of carbonyl (C=O) groups is 1. The van der Waals surface area contributed by atoms with Crippen LogP contribution in [-0.4, -0.2) is 40.2 Å². The highest BCUT2D eigenvalue weighted by Crippen LogP contribution is 2.25. The number of amides is 1. The first-order chi connectivity index (χ1) is 13.2. The number of alkyl halides is 1. The van der Waals surface area contributed by atoms with Crippen molar-refractivity contribution in [1.82, 2.24) is 20.3 Å². The van der Waals surface area contributed by atoms with Crippen LogP contribution in [0.2, 0.25) is 0 Å². The van der Waals surface area contributed by atoms with Crippen molar-refractivity contribution >= 4 is 6.09 Å². The fourth-order valence-electron chi connectivity index (χ4n) is 2.76. The predicted octanol–water partition coefficient (Wildman–Crippen LogP) is 2.87. The molecule has 8 nitrogen and oxygen atoms in total. The van der Waals surface area contributed by atoms with Crippen LogP contribution in [0.15, 0.2) is 24.4 Å². The van der Waals surface area contributed by atoms with Crippen LogP contribution in [0, 0.1) is 5.92 Å². The second kappa shape index (κ2) is 9.41. The van der Waals surface area contributed by atoms with Gasteiger partial charge >= 0.3 is 12.1 Å². The number of hydrogen-bond donors (Lipinski definition) is 2. The molecule has 152 valence electrons. The first kappa shape index (κ1) is 21.5. The smallest absolute Gasteiger partial charge is 0.414 e. The number of halogens is 1. The largest absolute Gasteiger partial charge is 0.490 e. The molecule has 2 rings (SSSR count). The van der Waals surface area contributed by atoms with Gasteiger partial charge in [-0.25, -0.2) is 19.2 Å². The Morgan fingerprint density at radius 3 is 2.64 bits per heavy atom. The predicted molar refractivity (Wildman–Crippen MR) is 103 cm³/mol. The molecule has 2 aromatic heterocycles. The van der Waals surface area contributed by atoms with Crippen molar-refractivity contribution < 1.29 is 18.7 Å². The highest BCUT2D eigenvalue weighted by atomic mass is 19.1. The van der Waals surface area contributed by atoms with Crippen LogP contribution in [0.5, 0.6) is 11.8 Å². The monoisotopic (exact) mass is 391 g/mol. The summed E-state index contributed by atoms with van der Waals surface area (Å²) in [6.07, 6.45) is 1.51. The number of nitrogens with zero attached hydrogens (tertiary/aromatic N) is 3. The van der Waals surface area contributed by atoms with Crippen molar-refractivity contribution in [2.24, 2.45) is 11.7 Å². The molecule has 28 heavy (non-hydrogen) atoms. The van der Waals surface area contributed by atoms with Gasteiger partial charge in [-0.15, -0.1) is 0 Å². The van der Waals surface area contributed by atoms with Crippen molar-refractivity contribution in [3.63, 3.8) is 0 Å². The minimum Gasteiger partial charge on any atom is -0.490 e. The number of nitrogens with two attached hydrogens (primary N) is 1. The zero-order valence-corrected chi connectivity index (χ0v) is 16.5. The van der Waals surface area contributed by atoms with Crippen LogP contribution in [0.4, 0.5) is 9.18 Å². The summed E-state index contributed by atoms with van der Waals surface area (Å²) in [6, 6.07) is 4.73. The Kier molecular flexibility index (Phi) is 7.22. The maximum absolute atomic E-state index is 13.5. The number of ether oxygens (including phenoxy) is 2. The fourth-order valence-corrected chi connectivity index (χ4v) is 2.76. The van der Waals surface area contributed by atoms with Gasteiger partial charge in [0.1, 0.15) is 24.7 Å². The van der Waals surface area contributed by atoms with E-state index in [0.717, 1.165) is 6.42 Å². The molecule has 0 unspecified atom stereocenters. The number of hydrogen-bond acceptors (Lipinski definition) is 7. The van der Waals surface area contributed by atoms with E-state index >= 15 is 0 Å². The van der Waals surface area contributed by atoms with Gasteiger partial charge in [0, 0.05) is 18.8 Å². The molecule has 0 aliphatic carbocycles. The van der Waals surface area contributed by atoms with Gasteiger partial charge in [-0.1, -0.05) is 13.8 Å². The molecule has 9 heteroatoms. The zero-order valence-electron chi connectivity index (χ0n) is 16.5. The van der Waals surface area contributed by atoms with Crippen LogP contribution >= 0.6 is 0 Å². The van der Waals surface area contributed by atoms with E-state index in [1.54, 1.807) is 18.2 Å². The molecule has 0 aromatic carbocycles. The van der Waals surface area contributed by atoms with Crippen molar-refractivity contribution in [1.29, 1.82) is 0 Å². The third-order valence-corrected chi connectivity index (χ3v) is 3.77. The highest BCUT2D eigenvalue weighted by Gasteiger charge is 2.22. The molecule has 0 bridgehead atoms. The first-order valence-electron chi connectivity index (χ1n) is 8.94. The lowest BCUT2D eigenvalue weighted by molar-refractivity contribution is 0.199. The Morgan fingerprint density at radius 2 is 2.00 bits per heavy atom. The summed E-state index contributed by atoms with van der Waals surface area (Å²) in [6.45, 7) is 5.51.